The summed E-state index contributed by atoms with van der Waals surface area (Å²) in [5.74, 6) is -1.48. The quantitative estimate of drug-likeness (QED) is 0.481. The third-order valence-corrected chi connectivity index (χ3v) is 6.28. The number of alkyl halides is 3. The van der Waals surface area contributed by atoms with Gasteiger partial charge in [-0.1, -0.05) is 32.0 Å². The molecule has 0 bridgehead atoms. The number of fused-ring (bicyclic) bond motifs is 1. The molecule has 1 amide bonds. The van der Waals surface area contributed by atoms with Gasteiger partial charge < -0.3 is 10.1 Å². The maximum Gasteiger partial charge on any atom is 0.418 e. The van der Waals surface area contributed by atoms with E-state index in [1.807, 2.05) is 13.8 Å². The number of hydrogen-bond acceptors (Lipinski definition) is 4. The fourth-order valence-corrected chi connectivity index (χ4v) is 4.13. The molecule has 0 radical (unpaired) electrons. The number of ether oxygens (including phenoxy) is 1. The van der Waals surface area contributed by atoms with Crippen LogP contribution in [0.25, 0.3) is 0 Å². The number of hydrogen-bond donors (Lipinski definition) is 1. The topological polar surface area (TPSA) is 55.4 Å². The van der Waals surface area contributed by atoms with Gasteiger partial charge in [-0.3, -0.25) is 4.79 Å². The minimum Gasteiger partial charge on any atom is -0.445 e. The number of nitrogens with one attached hydrogen (secondary N) is 1. The largest absolute Gasteiger partial charge is 0.445 e. The molecule has 0 aromatic heterocycles. The van der Waals surface area contributed by atoms with E-state index >= 15 is 0 Å². The number of esters is 1. The number of carbonyl (C=O) groups is 2. The Morgan fingerprint density at radius 3 is 2.63 bits per heavy atom. The fourth-order valence-electron chi connectivity index (χ4n) is 3.17. The molecular weight excluding hydrogens is 415 g/mol. The van der Waals surface area contributed by atoms with Gasteiger partial charge in [0.25, 0.3) is 5.91 Å². The van der Waals surface area contributed by atoms with E-state index in [2.05, 4.69) is 5.32 Å². The summed E-state index contributed by atoms with van der Waals surface area (Å²) in [5, 5.41) is 2.49. The van der Waals surface area contributed by atoms with Crippen LogP contribution in [0.1, 0.15) is 48.7 Å². The van der Waals surface area contributed by atoms with Crippen molar-refractivity contribution in [1.82, 2.24) is 0 Å². The fraction of sp³-hybridized carbons (Fsp3) is 0.364. The van der Waals surface area contributed by atoms with Gasteiger partial charge in [0.05, 0.1) is 16.8 Å². The number of amides is 1. The number of halogens is 3. The number of thioether (sulfide) groups is 1. The van der Waals surface area contributed by atoms with Crippen LogP contribution in [-0.4, -0.2) is 22.7 Å². The first-order valence-corrected chi connectivity index (χ1v) is 10.4. The van der Waals surface area contributed by atoms with Gasteiger partial charge >= 0.3 is 12.1 Å². The van der Waals surface area contributed by atoms with Gasteiger partial charge in [0, 0.05) is 16.6 Å². The Bertz CT molecular complexity index is 976. The van der Waals surface area contributed by atoms with E-state index in [1.54, 1.807) is 30.3 Å². The highest BCUT2D eigenvalue weighted by molar-refractivity contribution is 7.99. The van der Waals surface area contributed by atoms with Gasteiger partial charge in [-0.15, -0.1) is 11.8 Å². The van der Waals surface area contributed by atoms with Gasteiger partial charge in [0.15, 0.2) is 5.60 Å². The van der Waals surface area contributed by atoms with Crippen LogP contribution in [-0.2, 0) is 22.1 Å². The standard InChI is InChI=1S/C22H22F3NO3S/c1-4-13(2)30-15-9-10-18(17(11-15)22(23,24)25)26-20(28)21(3)12-14-7-5-6-8-16(14)19(27)29-21/h5-11,13H,4,12H2,1-3H3,(H,26,28). The minimum atomic E-state index is -4.65. The summed E-state index contributed by atoms with van der Waals surface area (Å²) >= 11 is 1.34. The lowest BCUT2D eigenvalue weighted by Crippen LogP contribution is -2.49. The van der Waals surface area contributed by atoms with E-state index < -0.39 is 29.2 Å². The SMILES string of the molecule is CCC(C)Sc1ccc(NC(=O)C2(C)Cc3ccccc3C(=O)O2)c(C(F)(F)F)c1. The van der Waals surface area contributed by atoms with E-state index in [4.69, 9.17) is 4.74 Å². The van der Waals surface area contributed by atoms with Gasteiger partial charge in [-0.25, -0.2) is 4.79 Å². The third kappa shape index (κ3) is 4.64. The van der Waals surface area contributed by atoms with E-state index in [1.165, 1.54) is 24.8 Å². The second-order valence-corrected chi connectivity index (χ2v) is 8.96. The average molecular weight is 437 g/mol. The Hall–Kier alpha value is -2.48. The van der Waals surface area contributed by atoms with Crippen LogP contribution in [0.3, 0.4) is 0 Å². The number of rotatable bonds is 5. The van der Waals surface area contributed by atoms with Gasteiger partial charge in [0.1, 0.15) is 0 Å². The monoisotopic (exact) mass is 437 g/mol. The lowest BCUT2D eigenvalue weighted by Gasteiger charge is -2.33. The smallest absolute Gasteiger partial charge is 0.418 e. The van der Waals surface area contributed by atoms with Crippen molar-refractivity contribution in [1.29, 1.82) is 0 Å². The Kier molecular flexibility index (Phi) is 6.17. The first kappa shape index (κ1) is 22.2. The molecule has 1 aliphatic heterocycles. The summed E-state index contributed by atoms with van der Waals surface area (Å²) < 4.78 is 46.3. The van der Waals surface area contributed by atoms with Crippen LogP contribution in [0.5, 0.6) is 0 Å². The molecule has 0 spiro atoms. The summed E-state index contributed by atoms with van der Waals surface area (Å²) in [6, 6.07) is 10.5. The van der Waals surface area contributed by atoms with E-state index in [0.29, 0.717) is 16.0 Å². The summed E-state index contributed by atoms with van der Waals surface area (Å²) in [6.45, 7) is 5.29. The van der Waals surface area contributed by atoms with E-state index in [9.17, 15) is 22.8 Å². The van der Waals surface area contributed by atoms with E-state index in [-0.39, 0.29) is 17.4 Å². The van der Waals surface area contributed by atoms with Gasteiger partial charge in [-0.05, 0) is 43.2 Å². The van der Waals surface area contributed by atoms with Crippen molar-refractivity contribution in [3.8, 4) is 0 Å². The Balaban J connectivity index is 1.88. The average Bonchev–Trinajstić information content (AvgIpc) is 2.68. The molecule has 4 nitrogen and oxygen atoms in total. The summed E-state index contributed by atoms with van der Waals surface area (Å²) in [5.41, 5.74) is -1.95. The number of carbonyl (C=O) groups excluding carboxylic acids is 2. The third-order valence-electron chi connectivity index (χ3n) is 5.02. The lowest BCUT2D eigenvalue weighted by molar-refractivity contribution is -0.137. The molecule has 3 rings (SSSR count). The minimum absolute atomic E-state index is 0.0735. The van der Waals surface area contributed by atoms with E-state index in [0.717, 1.165) is 12.5 Å². The van der Waals surface area contributed by atoms with Crippen LogP contribution in [0, 0.1) is 0 Å². The predicted octanol–water partition coefficient (Wildman–Crippen LogP) is 5.71. The number of benzene rings is 2. The molecule has 30 heavy (non-hydrogen) atoms. The molecular formula is C22H22F3NO3S. The normalized spacial score (nSPS) is 19.6. The molecule has 2 unspecified atom stereocenters. The summed E-state index contributed by atoms with van der Waals surface area (Å²) in [6.07, 6.45) is -3.76. The van der Waals surface area contributed by atoms with Crippen molar-refractivity contribution in [3.63, 3.8) is 0 Å². The van der Waals surface area contributed by atoms with Crippen molar-refractivity contribution in [2.75, 3.05) is 5.32 Å². The maximum atomic E-state index is 13.6. The highest BCUT2D eigenvalue weighted by Crippen LogP contribution is 2.39. The Morgan fingerprint density at radius 1 is 1.27 bits per heavy atom. The molecule has 0 saturated heterocycles. The Labute approximate surface area is 177 Å². The Morgan fingerprint density at radius 2 is 1.97 bits per heavy atom. The molecule has 0 fully saturated rings. The van der Waals surface area contributed by atoms with Crippen molar-refractivity contribution >= 4 is 29.3 Å². The number of cyclic esters (lactones) is 1. The first-order valence-electron chi connectivity index (χ1n) is 9.54. The van der Waals surface area contributed by atoms with Crippen molar-refractivity contribution < 1.29 is 27.5 Å². The first-order chi connectivity index (χ1) is 14.0. The second kappa shape index (κ2) is 8.34. The zero-order valence-electron chi connectivity index (χ0n) is 16.8. The summed E-state index contributed by atoms with van der Waals surface area (Å²) in [7, 11) is 0. The molecule has 2 aromatic rings. The maximum absolute atomic E-state index is 13.6. The molecule has 1 N–H and O–H groups in total. The van der Waals surface area contributed by atoms with Crippen molar-refractivity contribution in [2.24, 2.45) is 0 Å². The van der Waals surface area contributed by atoms with Crippen LogP contribution in [0.4, 0.5) is 18.9 Å². The molecule has 8 heteroatoms. The van der Waals surface area contributed by atoms with Gasteiger partial charge in [0.2, 0.25) is 0 Å². The van der Waals surface area contributed by atoms with Crippen LogP contribution in [0.15, 0.2) is 47.4 Å². The molecule has 1 heterocycles. The van der Waals surface area contributed by atoms with Gasteiger partial charge in [-0.2, -0.15) is 13.2 Å². The molecule has 0 aliphatic carbocycles. The second-order valence-electron chi connectivity index (χ2n) is 7.45. The highest BCUT2D eigenvalue weighted by Gasteiger charge is 2.43. The number of anilines is 1. The van der Waals surface area contributed by atoms with Crippen LogP contribution in [0.2, 0.25) is 0 Å². The molecule has 1 aliphatic rings. The predicted molar refractivity (Wildman–Crippen MR) is 110 cm³/mol. The van der Waals surface area contributed by atoms with Crippen molar-refractivity contribution in [2.45, 2.75) is 55.5 Å². The van der Waals surface area contributed by atoms with Crippen LogP contribution < -0.4 is 5.32 Å². The molecule has 0 saturated carbocycles. The molecule has 160 valence electrons. The summed E-state index contributed by atoms with van der Waals surface area (Å²) in [4.78, 5) is 25.6. The zero-order valence-corrected chi connectivity index (χ0v) is 17.6. The van der Waals surface area contributed by atoms with Crippen molar-refractivity contribution in [3.05, 3.63) is 59.2 Å². The molecule has 2 aromatic carbocycles. The highest BCUT2D eigenvalue weighted by atomic mass is 32.2. The zero-order chi connectivity index (χ0) is 22.1. The molecule has 2 atom stereocenters. The lowest BCUT2D eigenvalue weighted by atomic mass is 9.89. The van der Waals surface area contributed by atoms with Crippen LogP contribution >= 0.6 is 11.8 Å².